The minimum Gasteiger partial charge on any atom is -0.393 e. The van der Waals surface area contributed by atoms with Gasteiger partial charge in [-0.1, -0.05) is 13.3 Å². The van der Waals surface area contributed by atoms with Gasteiger partial charge in [-0.05, 0) is 44.6 Å². The SMILES string of the molecule is C[C@@H]1CC[C@H](O)[C@H]([C@H]2CCCCN2)C1. The minimum absolute atomic E-state index is 0.0400. The molecule has 0 spiro atoms. The number of piperidine rings is 1. The molecule has 0 aromatic rings. The van der Waals surface area contributed by atoms with Crippen LogP contribution in [0.25, 0.3) is 0 Å². The average molecular weight is 197 g/mol. The maximum atomic E-state index is 10.00. The Labute approximate surface area is 87.1 Å². The molecule has 2 heteroatoms. The lowest BCUT2D eigenvalue weighted by atomic mass is 9.75. The summed E-state index contributed by atoms with van der Waals surface area (Å²) < 4.78 is 0. The quantitative estimate of drug-likeness (QED) is 0.673. The van der Waals surface area contributed by atoms with Crippen molar-refractivity contribution in [3.63, 3.8) is 0 Å². The molecular weight excluding hydrogens is 174 g/mol. The molecule has 0 aromatic heterocycles. The van der Waals surface area contributed by atoms with Gasteiger partial charge < -0.3 is 10.4 Å². The van der Waals surface area contributed by atoms with Gasteiger partial charge in [0.15, 0.2) is 0 Å². The highest BCUT2D eigenvalue weighted by molar-refractivity contribution is 4.88. The molecule has 0 amide bonds. The van der Waals surface area contributed by atoms with Crippen molar-refractivity contribution in [3.05, 3.63) is 0 Å². The Kier molecular flexibility index (Phi) is 3.45. The lowest BCUT2D eigenvalue weighted by Crippen LogP contribution is -2.46. The molecule has 1 heterocycles. The second kappa shape index (κ2) is 4.63. The van der Waals surface area contributed by atoms with Crippen molar-refractivity contribution >= 4 is 0 Å². The van der Waals surface area contributed by atoms with Crippen LogP contribution >= 0.6 is 0 Å². The highest BCUT2D eigenvalue weighted by atomic mass is 16.3. The van der Waals surface area contributed by atoms with E-state index in [1.165, 1.54) is 32.1 Å². The van der Waals surface area contributed by atoms with Gasteiger partial charge in [-0.25, -0.2) is 0 Å². The summed E-state index contributed by atoms with van der Waals surface area (Å²) >= 11 is 0. The van der Waals surface area contributed by atoms with E-state index in [-0.39, 0.29) is 6.10 Å². The zero-order valence-electron chi connectivity index (χ0n) is 9.21. The van der Waals surface area contributed by atoms with Gasteiger partial charge in [-0.2, -0.15) is 0 Å². The van der Waals surface area contributed by atoms with Gasteiger partial charge in [0.2, 0.25) is 0 Å². The van der Waals surface area contributed by atoms with Crippen LogP contribution in [0.3, 0.4) is 0 Å². The van der Waals surface area contributed by atoms with E-state index in [0.717, 1.165) is 18.9 Å². The summed E-state index contributed by atoms with van der Waals surface area (Å²) in [6.45, 7) is 3.48. The van der Waals surface area contributed by atoms with Crippen molar-refractivity contribution in [1.82, 2.24) is 5.32 Å². The second-order valence-electron chi connectivity index (χ2n) is 5.21. The summed E-state index contributed by atoms with van der Waals surface area (Å²) in [5.74, 6) is 1.34. The third-order valence-corrected chi connectivity index (χ3v) is 3.99. The topological polar surface area (TPSA) is 32.3 Å². The van der Waals surface area contributed by atoms with Crippen LogP contribution in [0.4, 0.5) is 0 Å². The Balaban J connectivity index is 1.92. The Morgan fingerprint density at radius 1 is 1.14 bits per heavy atom. The molecule has 1 saturated heterocycles. The van der Waals surface area contributed by atoms with E-state index in [2.05, 4.69) is 12.2 Å². The summed E-state index contributed by atoms with van der Waals surface area (Å²) in [6, 6.07) is 0.599. The predicted molar refractivity (Wildman–Crippen MR) is 58.2 cm³/mol. The fourth-order valence-corrected chi connectivity index (χ4v) is 3.09. The van der Waals surface area contributed by atoms with Crippen LogP contribution in [-0.2, 0) is 0 Å². The largest absolute Gasteiger partial charge is 0.393 e. The molecule has 2 N–H and O–H groups in total. The summed E-state index contributed by atoms with van der Waals surface area (Å²) in [4.78, 5) is 0. The van der Waals surface area contributed by atoms with E-state index in [4.69, 9.17) is 0 Å². The van der Waals surface area contributed by atoms with Crippen molar-refractivity contribution in [2.24, 2.45) is 11.8 Å². The van der Waals surface area contributed by atoms with Crippen LogP contribution in [0.2, 0.25) is 0 Å². The van der Waals surface area contributed by atoms with E-state index in [0.29, 0.717) is 12.0 Å². The molecule has 1 saturated carbocycles. The maximum absolute atomic E-state index is 10.00. The molecule has 14 heavy (non-hydrogen) atoms. The van der Waals surface area contributed by atoms with Crippen LogP contribution < -0.4 is 5.32 Å². The average Bonchev–Trinajstić information content (AvgIpc) is 2.23. The third-order valence-electron chi connectivity index (χ3n) is 3.99. The van der Waals surface area contributed by atoms with Crippen molar-refractivity contribution in [2.75, 3.05) is 6.54 Å². The molecule has 0 radical (unpaired) electrons. The van der Waals surface area contributed by atoms with E-state index >= 15 is 0 Å². The van der Waals surface area contributed by atoms with E-state index < -0.39 is 0 Å². The molecule has 4 atom stereocenters. The van der Waals surface area contributed by atoms with Gasteiger partial charge in [0, 0.05) is 12.0 Å². The molecule has 0 aromatic carbocycles. The normalized spacial score (nSPS) is 45.0. The number of hydrogen-bond acceptors (Lipinski definition) is 2. The molecule has 1 aliphatic heterocycles. The standard InChI is InChI=1S/C12H23NO/c1-9-5-6-12(14)10(8-9)11-4-2-3-7-13-11/h9-14H,2-8H2,1H3/t9-,10+,11-,12+/m1/s1. The molecule has 0 bridgehead atoms. The first kappa shape index (κ1) is 10.4. The van der Waals surface area contributed by atoms with Crippen molar-refractivity contribution in [2.45, 2.75) is 57.6 Å². The molecule has 1 aliphatic carbocycles. The molecule has 2 rings (SSSR count). The highest BCUT2D eigenvalue weighted by Gasteiger charge is 2.33. The molecule has 2 fully saturated rings. The Morgan fingerprint density at radius 2 is 2.00 bits per heavy atom. The fraction of sp³-hybridized carbons (Fsp3) is 1.00. The third kappa shape index (κ3) is 2.29. The molecule has 82 valence electrons. The van der Waals surface area contributed by atoms with Gasteiger partial charge in [-0.3, -0.25) is 0 Å². The smallest absolute Gasteiger partial charge is 0.0583 e. The van der Waals surface area contributed by atoms with E-state index in [1.807, 2.05) is 0 Å². The van der Waals surface area contributed by atoms with Crippen molar-refractivity contribution < 1.29 is 5.11 Å². The molecule has 0 unspecified atom stereocenters. The molecule has 2 nitrogen and oxygen atoms in total. The van der Waals surface area contributed by atoms with Gasteiger partial charge in [-0.15, -0.1) is 0 Å². The monoisotopic (exact) mass is 197 g/mol. The highest BCUT2D eigenvalue weighted by Crippen LogP contribution is 2.33. The Hall–Kier alpha value is -0.0800. The number of hydrogen-bond donors (Lipinski definition) is 2. The maximum Gasteiger partial charge on any atom is 0.0583 e. The first-order valence-corrected chi connectivity index (χ1v) is 6.19. The zero-order chi connectivity index (χ0) is 9.97. The minimum atomic E-state index is -0.0400. The summed E-state index contributed by atoms with van der Waals surface area (Å²) in [5.41, 5.74) is 0. The number of rotatable bonds is 1. The molecule has 2 aliphatic rings. The number of aliphatic hydroxyl groups is 1. The first-order valence-electron chi connectivity index (χ1n) is 6.19. The van der Waals surface area contributed by atoms with Crippen LogP contribution in [0.15, 0.2) is 0 Å². The van der Waals surface area contributed by atoms with Crippen LogP contribution in [0, 0.1) is 11.8 Å². The van der Waals surface area contributed by atoms with Gasteiger partial charge in [0.05, 0.1) is 6.10 Å². The summed E-state index contributed by atoms with van der Waals surface area (Å²) in [5, 5.41) is 13.6. The van der Waals surface area contributed by atoms with E-state index in [1.54, 1.807) is 0 Å². The lowest BCUT2D eigenvalue weighted by molar-refractivity contribution is 0.0257. The summed E-state index contributed by atoms with van der Waals surface area (Å²) in [6.07, 6.45) is 7.34. The number of aliphatic hydroxyl groups excluding tert-OH is 1. The lowest BCUT2D eigenvalue weighted by Gasteiger charge is -2.39. The van der Waals surface area contributed by atoms with Crippen molar-refractivity contribution in [3.8, 4) is 0 Å². The second-order valence-corrected chi connectivity index (χ2v) is 5.21. The zero-order valence-corrected chi connectivity index (χ0v) is 9.21. The number of nitrogens with one attached hydrogen (secondary N) is 1. The van der Waals surface area contributed by atoms with Gasteiger partial charge >= 0.3 is 0 Å². The van der Waals surface area contributed by atoms with E-state index in [9.17, 15) is 5.11 Å². The summed E-state index contributed by atoms with van der Waals surface area (Å²) in [7, 11) is 0. The van der Waals surface area contributed by atoms with Crippen LogP contribution in [-0.4, -0.2) is 23.8 Å². The fourth-order valence-electron chi connectivity index (χ4n) is 3.09. The molecular formula is C12H23NO. The van der Waals surface area contributed by atoms with Crippen molar-refractivity contribution in [1.29, 1.82) is 0 Å². The predicted octanol–water partition coefficient (Wildman–Crippen LogP) is 1.93. The Bertz CT molecular complexity index is 177. The first-order chi connectivity index (χ1) is 6.77. The Morgan fingerprint density at radius 3 is 2.71 bits per heavy atom. The van der Waals surface area contributed by atoms with Gasteiger partial charge in [0.25, 0.3) is 0 Å². The van der Waals surface area contributed by atoms with Crippen LogP contribution in [0.1, 0.15) is 45.4 Å². The van der Waals surface area contributed by atoms with Gasteiger partial charge in [0.1, 0.15) is 0 Å². The van der Waals surface area contributed by atoms with Crippen LogP contribution in [0.5, 0.6) is 0 Å².